The Morgan fingerprint density at radius 2 is 1.23 bits per heavy atom. The monoisotopic (exact) mass is 790 g/mol. The van der Waals surface area contributed by atoms with Crippen molar-refractivity contribution < 1.29 is 4.42 Å². The van der Waals surface area contributed by atoms with Gasteiger partial charge in [-0.1, -0.05) is 122 Å². The van der Waals surface area contributed by atoms with Gasteiger partial charge in [0, 0.05) is 62.4 Å². The van der Waals surface area contributed by atoms with E-state index in [-0.39, 0.29) is 6.04 Å². The number of hydrogen-bond donors (Lipinski definition) is 1. The summed E-state index contributed by atoms with van der Waals surface area (Å²) >= 11 is 0. The predicted octanol–water partition coefficient (Wildman–Crippen LogP) is 10.4. The molecule has 0 radical (unpaired) electrons. The lowest BCUT2D eigenvalue weighted by atomic mass is 9.94. The van der Waals surface area contributed by atoms with Crippen LogP contribution in [0.1, 0.15) is 54.8 Å². The average molecular weight is 791 g/mol. The molecule has 0 spiro atoms. The molecule has 5 heterocycles. The smallest absolute Gasteiger partial charge is 0.179 e. The van der Waals surface area contributed by atoms with E-state index in [0.717, 1.165) is 34.7 Å². The van der Waals surface area contributed by atoms with Gasteiger partial charge in [0.2, 0.25) is 0 Å². The van der Waals surface area contributed by atoms with Crippen LogP contribution in [0.3, 0.4) is 0 Å². The number of pyridine rings is 1. The summed E-state index contributed by atoms with van der Waals surface area (Å²) in [4.78, 5) is 4.52. The van der Waals surface area contributed by atoms with Gasteiger partial charge in [0.15, 0.2) is 8.07 Å². The molecule has 6 heteroatoms. The third kappa shape index (κ3) is 5.01. The minimum absolute atomic E-state index is 0.192. The molecule has 60 heavy (non-hydrogen) atoms. The number of hydrogen-bond acceptors (Lipinski definition) is 3. The lowest BCUT2D eigenvalue weighted by Gasteiger charge is -2.34. The maximum atomic E-state index is 6.56. The molecule has 6 aromatic carbocycles. The van der Waals surface area contributed by atoms with Crippen LogP contribution in [0.5, 0.6) is 0 Å². The molecule has 10 aromatic rings. The van der Waals surface area contributed by atoms with E-state index >= 15 is 0 Å². The van der Waals surface area contributed by atoms with E-state index in [9.17, 15) is 0 Å². The summed E-state index contributed by atoms with van der Waals surface area (Å²) < 4.78 is 11.4. The highest BCUT2D eigenvalue weighted by atomic mass is 28.3. The van der Waals surface area contributed by atoms with Crippen molar-refractivity contribution in [2.24, 2.45) is 0 Å². The maximum Gasteiger partial charge on any atom is 0.179 e. The van der Waals surface area contributed by atoms with Crippen molar-refractivity contribution in [2.45, 2.75) is 32.2 Å². The standard InChI is InChI=1S/C54H42N4OSi/c1-35-12-11-18-44-46-32-51-45(33-52(46)59-54(35)44)43-17-9-10-19-48(43)58(51)38-22-26-42(27-23-38)60(39-13-5-3-6-14-39,40-15-7-4-8-16-40)41-24-20-37(21-25-41)57-49-28-30-55-34-47(49)53-36(2)56-31-29-50(53)57/h3-11,13-36,56H,12H2,1-2H3/t35?,36-/m0/s1. The molecule has 4 aromatic heterocycles. The highest BCUT2D eigenvalue weighted by molar-refractivity contribution is 7.19. The van der Waals surface area contributed by atoms with Gasteiger partial charge in [0.1, 0.15) is 11.3 Å². The number of para-hydroxylation sites is 1. The quantitative estimate of drug-likeness (QED) is 0.135. The number of nitrogens with one attached hydrogen (secondary N) is 1. The zero-order valence-electron chi connectivity index (χ0n) is 33.5. The van der Waals surface area contributed by atoms with Crippen molar-refractivity contribution in [1.82, 2.24) is 19.4 Å². The zero-order valence-corrected chi connectivity index (χ0v) is 34.5. The van der Waals surface area contributed by atoms with Crippen molar-refractivity contribution in [3.8, 4) is 11.4 Å². The fraction of sp³-hybridized carbons (Fsp3) is 0.0926. The van der Waals surface area contributed by atoms with Gasteiger partial charge in [-0.3, -0.25) is 4.98 Å². The summed E-state index contributed by atoms with van der Waals surface area (Å²) in [6.45, 7) is 4.48. The number of rotatable bonds is 6. The van der Waals surface area contributed by atoms with Gasteiger partial charge >= 0.3 is 0 Å². The number of benzene rings is 6. The van der Waals surface area contributed by atoms with Crippen LogP contribution < -0.4 is 26.1 Å². The Bertz CT molecular complexity index is 3300. The third-order valence-corrected chi connectivity index (χ3v) is 18.0. The number of allylic oxidation sites excluding steroid dienone is 1. The molecule has 1 N–H and O–H groups in total. The molecule has 0 saturated carbocycles. The number of furan rings is 1. The Labute approximate surface area is 349 Å². The Balaban J connectivity index is 1.05. The number of aromatic nitrogens is 3. The first-order valence-corrected chi connectivity index (χ1v) is 23.0. The number of fused-ring (bicyclic) bond motifs is 9. The molecule has 0 saturated heterocycles. The lowest BCUT2D eigenvalue weighted by Crippen LogP contribution is -2.74. The van der Waals surface area contributed by atoms with Crippen molar-refractivity contribution in [1.29, 1.82) is 0 Å². The molecule has 0 amide bonds. The first kappa shape index (κ1) is 34.8. The second-order valence-electron chi connectivity index (χ2n) is 16.5. The van der Waals surface area contributed by atoms with E-state index in [1.165, 1.54) is 70.1 Å². The van der Waals surface area contributed by atoms with Gasteiger partial charge in [-0.2, -0.15) is 0 Å². The van der Waals surface area contributed by atoms with Gasteiger partial charge < -0.3 is 18.9 Å². The fourth-order valence-electron chi connectivity index (χ4n) is 10.4. The fourth-order valence-corrected chi connectivity index (χ4v) is 15.2. The molecule has 2 atom stereocenters. The van der Waals surface area contributed by atoms with E-state index in [4.69, 9.17) is 4.42 Å². The van der Waals surface area contributed by atoms with Gasteiger partial charge in [0.25, 0.3) is 0 Å². The molecule has 0 bridgehead atoms. The van der Waals surface area contributed by atoms with Gasteiger partial charge in [-0.05, 0) is 94.9 Å². The molecule has 5 nitrogen and oxygen atoms in total. The van der Waals surface area contributed by atoms with Crippen LogP contribution in [0.15, 0.2) is 181 Å². The Morgan fingerprint density at radius 3 is 1.95 bits per heavy atom. The highest BCUT2D eigenvalue weighted by Crippen LogP contribution is 2.42. The van der Waals surface area contributed by atoms with Crippen LogP contribution in [0.4, 0.5) is 0 Å². The molecule has 0 fully saturated rings. The van der Waals surface area contributed by atoms with E-state index in [0.29, 0.717) is 5.92 Å². The molecular formula is C54H42N4OSi. The molecule has 288 valence electrons. The average Bonchev–Trinajstić information content (AvgIpc) is 3.96. The highest BCUT2D eigenvalue weighted by Gasteiger charge is 2.41. The van der Waals surface area contributed by atoms with Crippen LogP contribution in [-0.2, 0) is 0 Å². The van der Waals surface area contributed by atoms with E-state index in [2.05, 4.69) is 209 Å². The first-order chi connectivity index (χ1) is 29.6. The van der Waals surface area contributed by atoms with Crippen molar-refractivity contribution in [2.75, 3.05) is 0 Å². The van der Waals surface area contributed by atoms with E-state index in [1.807, 2.05) is 12.4 Å². The van der Waals surface area contributed by atoms with Gasteiger partial charge in [-0.15, -0.1) is 0 Å². The minimum atomic E-state index is -2.84. The first-order valence-electron chi connectivity index (χ1n) is 21.0. The Kier molecular flexibility index (Phi) is 7.81. The molecule has 1 unspecified atom stereocenters. The Morgan fingerprint density at radius 1 is 0.600 bits per heavy atom. The summed E-state index contributed by atoms with van der Waals surface area (Å²) in [5.74, 6) is 1.46. The predicted molar refractivity (Wildman–Crippen MR) is 251 cm³/mol. The molecule has 2 aliphatic rings. The van der Waals surface area contributed by atoms with Gasteiger partial charge in [-0.25, -0.2) is 0 Å². The SMILES string of the molecule is CC1CC=Cc2c1oc1cc3c4ccccc4n(-c4ccc([Si](c5ccccc5)(c5ccccc5)c5ccc(-n6c7c(c8cnccc86)[C@H](C)NC=C7)cc5)cc4)c3cc21. The second-order valence-corrected chi connectivity index (χ2v) is 20.3. The van der Waals surface area contributed by atoms with E-state index < -0.39 is 8.07 Å². The second kappa shape index (κ2) is 13.4. The van der Waals surface area contributed by atoms with Gasteiger partial charge in [0.05, 0.1) is 28.3 Å². The summed E-state index contributed by atoms with van der Waals surface area (Å²) in [6, 6.07) is 57.0. The Hall–Kier alpha value is -7.15. The third-order valence-electron chi connectivity index (χ3n) is 13.2. The molecule has 1 aliphatic heterocycles. The molecular weight excluding hydrogens is 749 g/mol. The van der Waals surface area contributed by atoms with Crippen molar-refractivity contribution in [3.63, 3.8) is 0 Å². The minimum Gasteiger partial charge on any atom is -0.460 e. The molecule has 1 aliphatic carbocycles. The number of nitrogens with zero attached hydrogens (tertiary/aromatic N) is 3. The summed E-state index contributed by atoms with van der Waals surface area (Å²) in [6.07, 6.45) is 13.7. The lowest BCUT2D eigenvalue weighted by molar-refractivity contribution is 0.504. The summed E-state index contributed by atoms with van der Waals surface area (Å²) in [7, 11) is -2.84. The summed E-state index contributed by atoms with van der Waals surface area (Å²) in [5, 5.41) is 13.7. The van der Waals surface area contributed by atoms with Crippen LogP contribution in [0, 0.1) is 0 Å². The topological polar surface area (TPSA) is 47.9 Å². The zero-order chi connectivity index (χ0) is 40.0. The van der Waals surface area contributed by atoms with Crippen molar-refractivity contribution >= 4 is 84.7 Å². The van der Waals surface area contributed by atoms with E-state index in [1.54, 1.807) is 0 Å². The summed E-state index contributed by atoms with van der Waals surface area (Å²) in [5.41, 5.74) is 10.5. The van der Waals surface area contributed by atoms with Crippen molar-refractivity contribution in [3.05, 3.63) is 199 Å². The van der Waals surface area contributed by atoms with Crippen LogP contribution >= 0.6 is 0 Å². The van der Waals surface area contributed by atoms with Crippen LogP contribution in [-0.4, -0.2) is 22.2 Å². The largest absolute Gasteiger partial charge is 0.460 e. The van der Waals surface area contributed by atoms with Crippen LogP contribution in [0.2, 0.25) is 0 Å². The van der Waals surface area contributed by atoms with Crippen LogP contribution in [0.25, 0.3) is 67.2 Å². The normalized spacial score (nSPS) is 16.1. The maximum absolute atomic E-state index is 6.56. The molecule has 12 rings (SSSR count).